The second-order valence-electron chi connectivity index (χ2n) is 8.14. The summed E-state index contributed by atoms with van der Waals surface area (Å²) in [7, 11) is 0. The van der Waals surface area contributed by atoms with Gasteiger partial charge in [0.1, 0.15) is 18.0 Å². The van der Waals surface area contributed by atoms with Gasteiger partial charge in [-0.2, -0.15) is 0 Å². The number of aldehydes is 1. The summed E-state index contributed by atoms with van der Waals surface area (Å²) in [4.78, 5) is 24.0. The maximum atomic E-state index is 13.3. The molecule has 1 aliphatic rings. The summed E-state index contributed by atoms with van der Waals surface area (Å²) in [5.74, 6) is 0.285. The monoisotopic (exact) mass is 392 g/mol. The zero-order valence-corrected chi connectivity index (χ0v) is 17.6. The molecule has 3 rings (SSSR count). The number of allylic oxidation sites excluding steroid dienone is 4. The molecule has 4 nitrogen and oxygen atoms in total. The molecule has 1 aromatic heterocycles. The van der Waals surface area contributed by atoms with Crippen molar-refractivity contribution in [2.24, 2.45) is 0 Å². The second-order valence-corrected chi connectivity index (χ2v) is 8.14. The molecule has 0 radical (unpaired) electrons. The third-order valence-corrected chi connectivity index (χ3v) is 5.66. The number of fused-ring (bicyclic) bond motifs is 2. The summed E-state index contributed by atoms with van der Waals surface area (Å²) in [5, 5.41) is 0.602. The standard InChI is InChI=1S/C25H28O4/c1-6-25(5)14-19(13-16(2)9-7-10-17(3)15-26)28-24-22(25)23(27)21-18(4)11-8-12-20(21)29-24/h6,8,10-13,15,19H,1,7,9,14H2,2-5H3. The molecule has 2 unspecified atom stereocenters. The topological polar surface area (TPSA) is 56.5 Å². The normalized spacial score (nSPS) is 22.1. The highest BCUT2D eigenvalue weighted by atomic mass is 16.6. The van der Waals surface area contributed by atoms with Crippen LogP contribution in [0.25, 0.3) is 11.0 Å². The van der Waals surface area contributed by atoms with Crippen molar-refractivity contribution < 1.29 is 13.9 Å². The van der Waals surface area contributed by atoms with Crippen LogP contribution in [0.2, 0.25) is 0 Å². The van der Waals surface area contributed by atoms with Crippen molar-refractivity contribution >= 4 is 17.3 Å². The van der Waals surface area contributed by atoms with Crippen molar-refractivity contribution in [2.45, 2.75) is 58.5 Å². The van der Waals surface area contributed by atoms with Gasteiger partial charge in [0.05, 0.1) is 10.9 Å². The van der Waals surface area contributed by atoms with Crippen LogP contribution in [0.15, 0.2) is 63.4 Å². The molecule has 0 aliphatic carbocycles. The Balaban J connectivity index is 1.98. The first-order valence-electron chi connectivity index (χ1n) is 9.95. The van der Waals surface area contributed by atoms with Gasteiger partial charge >= 0.3 is 0 Å². The van der Waals surface area contributed by atoms with Crippen molar-refractivity contribution in [1.82, 2.24) is 0 Å². The van der Waals surface area contributed by atoms with Gasteiger partial charge in [-0.3, -0.25) is 9.59 Å². The van der Waals surface area contributed by atoms with Gasteiger partial charge in [-0.05, 0) is 56.9 Å². The first-order chi connectivity index (χ1) is 13.8. The first-order valence-corrected chi connectivity index (χ1v) is 9.95. The van der Waals surface area contributed by atoms with Crippen molar-refractivity contribution in [1.29, 1.82) is 0 Å². The Bertz CT molecular complexity index is 1070. The molecular weight excluding hydrogens is 364 g/mol. The Labute approximate surface area is 171 Å². The number of hydrogen-bond acceptors (Lipinski definition) is 4. The average Bonchev–Trinajstić information content (AvgIpc) is 2.67. The third kappa shape index (κ3) is 4.12. The van der Waals surface area contributed by atoms with Gasteiger partial charge in [-0.15, -0.1) is 6.58 Å². The predicted octanol–water partition coefficient (Wildman–Crippen LogP) is 5.57. The van der Waals surface area contributed by atoms with E-state index in [-0.39, 0.29) is 17.5 Å². The molecule has 29 heavy (non-hydrogen) atoms. The zero-order valence-electron chi connectivity index (χ0n) is 17.6. The maximum absolute atomic E-state index is 13.3. The number of benzene rings is 1. The van der Waals surface area contributed by atoms with E-state index in [1.54, 1.807) is 13.0 Å². The zero-order chi connectivity index (χ0) is 21.2. The first kappa shape index (κ1) is 20.8. The number of carbonyl (C=O) groups excluding carboxylic acids is 1. The van der Waals surface area contributed by atoms with Crippen LogP contribution in [0.5, 0.6) is 5.95 Å². The van der Waals surface area contributed by atoms with Crippen LogP contribution >= 0.6 is 0 Å². The summed E-state index contributed by atoms with van der Waals surface area (Å²) in [6.07, 6.45) is 8.74. The van der Waals surface area contributed by atoms with E-state index in [2.05, 4.69) is 12.7 Å². The lowest BCUT2D eigenvalue weighted by Crippen LogP contribution is -2.38. The van der Waals surface area contributed by atoms with Crippen LogP contribution in [0.3, 0.4) is 0 Å². The van der Waals surface area contributed by atoms with E-state index >= 15 is 0 Å². The van der Waals surface area contributed by atoms with E-state index in [9.17, 15) is 9.59 Å². The van der Waals surface area contributed by atoms with Crippen molar-refractivity contribution in [3.05, 3.63) is 75.5 Å². The molecule has 0 bridgehead atoms. The van der Waals surface area contributed by atoms with E-state index in [1.807, 2.05) is 45.1 Å². The fourth-order valence-electron chi connectivity index (χ4n) is 3.91. The Morgan fingerprint density at radius 3 is 2.79 bits per heavy atom. The molecule has 0 N–H and O–H groups in total. The van der Waals surface area contributed by atoms with E-state index in [1.165, 1.54) is 5.57 Å². The van der Waals surface area contributed by atoms with Crippen LogP contribution in [0.1, 0.15) is 51.2 Å². The molecule has 4 heteroatoms. The number of rotatable bonds is 6. The summed E-state index contributed by atoms with van der Waals surface area (Å²) in [6, 6.07) is 5.58. The second kappa shape index (κ2) is 8.24. The number of aryl methyl sites for hydroxylation is 1. The van der Waals surface area contributed by atoms with E-state index in [4.69, 9.17) is 9.15 Å². The van der Waals surface area contributed by atoms with Crippen LogP contribution < -0.4 is 10.2 Å². The predicted molar refractivity (Wildman–Crippen MR) is 117 cm³/mol. The Morgan fingerprint density at radius 1 is 1.34 bits per heavy atom. The molecule has 0 saturated heterocycles. The van der Waals surface area contributed by atoms with Gasteiger partial charge in [0, 0.05) is 11.8 Å². The lowest BCUT2D eigenvalue weighted by atomic mass is 9.76. The fourth-order valence-corrected chi connectivity index (χ4v) is 3.91. The van der Waals surface area contributed by atoms with Gasteiger partial charge in [0.25, 0.3) is 5.95 Å². The van der Waals surface area contributed by atoms with Crippen molar-refractivity contribution in [3.8, 4) is 5.95 Å². The largest absolute Gasteiger partial charge is 0.457 e. The highest BCUT2D eigenvalue weighted by Crippen LogP contribution is 2.42. The van der Waals surface area contributed by atoms with E-state index in [0.29, 0.717) is 23.0 Å². The molecule has 0 amide bonds. The van der Waals surface area contributed by atoms with Gasteiger partial charge in [-0.1, -0.05) is 36.8 Å². The molecule has 2 aromatic rings. The van der Waals surface area contributed by atoms with Gasteiger partial charge in [0.2, 0.25) is 5.43 Å². The molecule has 0 saturated carbocycles. The lowest BCUT2D eigenvalue weighted by molar-refractivity contribution is -0.104. The third-order valence-electron chi connectivity index (χ3n) is 5.66. The molecular formula is C25H28O4. The van der Waals surface area contributed by atoms with Crippen LogP contribution in [-0.4, -0.2) is 12.4 Å². The van der Waals surface area contributed by atoms with Crippen molar-refractivity contribution in [2.75, 3.05) is 0 Å². The summed E-state index contributed by atoms with van der Waals surface area (Å²) < 4.78 is 12.1. The number of ether oxygens (including phenoxy) is 1. The number of hydrogen-bond donors (Lipinski definition) is 0. The lowest BCUT2D eigenvalue weighted by Gasteiger charge is -2.35. The quantitative estimate of drug-likeness (QED) is 0.366. The molecule has 0 spiro atoms. The molecule has 2 heterocycles. The van der Waals surface area contributed by atoms with Gasteiger partial charge in [0.15, 0.2) is 0 Å². The van der Waals surface area contributed by atoms with Crippen LogP contribution in [-0.2, 0) is 10.2 Å². The molecule has 2 atom stereocenters. The Kier molecular flexibility index (Phi) is 5.92. The van der Waals surface area contributed by atoms with Crippen LogP contribution in [0.4, 0.5) is 0 Å². The van der Waals surface area contributed by atoms with E-state index < -0.39 is 5.41 Å². The van der Waals surface area contributed by atoms with Gasteiger partial charge in [-0.25, -0.2) is 0 Å². The Hall–Kier alpha value is -2.88. The SMILES string of the molecule is C=CC1(C)CC(C=C(C)CCC=C(C)C=O)Oc2oc3cccc(C)c3c(=O)c21. The molecule has 152 valence electrons. The van der Waals surface area contributed by atoms with Crippen LogP contribution in [0, 0.1) is 6.92 Å². The van der Waals surface area contributed by atoms with Gasteiger partial charge < -0.3 is 9.15 Å². The smallest absolute Gasteiger partial charge is 0.293 e. The van der Waals surface area contributed by atoms with Crippen molar-refractivity contribution in [3.63, 3.8) is 0 Å². The number of carbonyl (C=O) groups is 1. The summed E-state index contributed by atoms with van der Waals surface area (Å²) >= 11 is 0. The fraction of sp³-hybridized carbons (Fsp3) is 0.360. The highest BCUT2D eigenvalue weighted by Gasteiger charge is 2.40. The maximum Gasteiger partial charge on any atom is 0.293 e. The summed E-state index contributed by atoms with van der Waals surface area (Å²) in [6.45, 7) is 11.8. The highest BCUT2D eigenvalue weighted by molar-refractivity contribution is 5.81. The molecule has 1 aliphatic heterocycles. The van der Waals surface area contributed by atoms with E-state index in [0.717, 1.165) is 30.3 Å². The Morgan fingerprint density at radius 2 is 2.10 bits per heavy atom. The minimum atomic E-state index is -0.542. The average molecular weight is 392 g/mol. The molecule has 1 aromatic carbocycles. The summed E-state index contributed by atoms with van der Waals surface area (Å²) in [5.41, 5.74) is 3.29. The minimum Gasteiger partial charge on any atom is -0.457 e. The molecule has 0 fully saturated rings. The minimum absolute atomic E-state index is 0.0459.